The van der Waals surface area contributed by atoms with Gasteiger partial charge in [0.25, 0.3) is 0 Å². The van der Waals surface area contributed by atoms with Crippen molar-refractivity contribution < 1.29 is 23.8 Å². The van der Waals surface area contributed by atoms with E-state index < -0.39 is 17.9 Å². The molecule has 0 N–H and O–H groups in total. The van der Waals surface area contributed by atoms with Gasteiger partial charge in [-0.15, -0.1) is 0 Å². The van der Waals surface area contributed by atoms with E-state index in [2.05, 4.69) is 15.9 Å². The molecule has 25 heavy (non-hydrogen) atoms. The standard InChI is InChI=1S/C19H19BrO5/c1-23-18(21)16(19(22)24-2)11-14-10-15(20)8-9-17(14)25-12-13-6-4-3-5-7-13/h3-10,16H,11-12H2,1-2H3. The van der Waals surface area contributed by atoms with E-state index in [1.54, 1.807) is 6.07 Å². The Hall–Kier alpha value is -2.34. The van der Waals surface area contributed by atoms with Gasteiger partial charge in [-0.3, -0.25) is 9.59 Å². The molecule has 0 radical (unpaired) electrons. The molecule has 5 nitrogen and oxygen atoms in total. The van der Waals surface area contributed by atoms with Crippen LogP contribution in [0.25, 0.3) is 0 Å². The summed E-state index contributed by atoms with van der Waals surface area (Å²) in [4.78, 5) is 23.8. The molecule has 0 atom stereocenters. The number of hydrogen-bond acceptors (Lipinski definition) is 5. The highest BCUT2D eigenvalue weighted by Crippen LogP contribution is 2.27. The van der Waals surface area contributed by atoms with Crippen LogP contribution in [-0.4, -0.2) is 26.2 Å². The predicted molar refractivity (Wildman–Crippen MR) is 96.1 cm³/mol. The fourth-order valence-corrected chi connectivity index (χ4v) is 2.76. The highest BCUT2D eigenvalue weighted by molar-refractivity contribution is 9.10. The summed E-state index contributed by atoms with van der Waals surface area (Å²) in [5.41, 5.74) is 1.74. The number of carbonyl (C=O) groups is 2. The zero-order valence-corrected chi connectivity index (χ0v) is 15.6. The van der Waals surface area contributed by atoms with Gasteiger partial charge in [0, 0.05) is 10.9 Å². The third-order valence-electron chi connectivity index (χ3n) is 3.66. The first-order chi connectivity index (χ1) is 12.0. The number of rotatable bonds is 7. The van der Waals surface area contributed by atoms with Crippen molar-refractivity contribution in [3.63, 3.8) is 0 Å². The predicted octanol–water partition coefficient (Wildman–Crippen LogP) is 3.53. The van der Waals surface area contributed by atoms with Gasteiger partial charge >= 0.3 is 11.9 Å². The lowest BCUT2D eigenvalue weighted by atomic mass is 9.98. The van der Waals surface area contributed by atoms with E-state index in [-0.39, 0.29) is 6.42 Å². The van der Waals surface area contributed by atoms with Crippen molar-refractivity contribution in [2.75, 3.05) is 14.2 Å². The second-order valence-corrected chi connectivity index (χ2v) is 6.25. The zero-order valence-electron chi connectivity index (χ0n) is 14.0. The lowest BCUT2D eigenvalue weighted by molar-refractivity contribution is -0.158. The molecule has 0 amide bonds. The Morgan fingerprint density at radius 2 is 1.64 bits per heavy atom. The molecular weight excluding hydrogens is 388 g/mol. The van der Waals surface area contributed by atoms with Crippen LogP contribution in [0.2, 0.25) is 0 Å². The highest BCUT2D eigenvalue weighted by atomic mass is 79.9. The minimum atomic E-state index is -1.04. The molecule has 2 rings (SSSR count). The Bertz CT molecular complexity index is 714. The van der Waals surface area contributed by atoms with Crippen LogP contribution in [0.3, 0.4) is 0 Å². The van der Waals surface area contributed by atoms with Gasteiger partial charge in [0.05, 0.1) is 14.2 Å². The molecule has 0 heterocycles. The van der Waals surface area contributed by atoms with Crippen LogP contribution in [0.5, 0.6) is 5.75 Å². The van der Waals surface area contributed by atoms with Crippen LogP contribution < -0.4 is 4.74 Å². The van der Waals surface area contributed by atoms with E-state index in [9.17, 15) is 9.59 Å². The van der Waals surface area contributed by atoms with Crippen molar-refractivity contribution >= 4 is 27.9 Å². The van der Waals surface area contributed by atoms with E-state index in [4.69, 9.17) is 14.2 Å². The maximum atomic E-state index is 11.9. The van der Waals surface area contributed by atoms with Crippen molar-refractivity contribution in [3.8, 4) is 5.75 Å². The van der Waals surface area contributed by atoms with Crippen LogP contribution in [0.1, 0.15) is 11.1 Å². The van der Waals surface area contributed by atoms with Gasteiger partial charge in [0.1, 0.15) is 12.4 Å². The molecule has 2 aromatic carbocycles. The smallest absolute Gasteiger partial charge is 0.320 e. The molecule has 0 fully saturated rings. The summed E-state index contributed by atoms with van der Waals surface area (Å²) in [6.07, 6.45) is 0.128. The molecule has 132 valence electrons. The fraction of sp³-hybridized carbons (Fsp3) is 0.263. The van der Waals surface area contributed by atoms with Gasteiger partial charge in [-0.2, -0.15) is 0 Å². The molecule has 0 aliphatic rings. The summed E-state index contributed by atoms with van der Waals surface area (Å²) in [5.74, 6) is -1.71. The lowest BCUT2D eigenvalue weighted by Gasteiger charge is -2.16. The number of methoxy groups -OCH3 is 2. The summed E-state index contributed by atoms with van der Waals surface area (Å²) in [6.45, 7) is 0.386. The van der Waals surface area contributed by atoms with Crippen LogP contribution in [0.4, 0.5) is 0 Å². The molecule has 0 aromatic heterocycles. The summed E-state index contributed by atoms with van der Waals surface area (Å²) in [7, 11) is 2.48. The van der Waals surface area contributed by atoms with E-state index >= 15 is 0 Å². The van der Waals surface area contributed by atoms with Gasteiger partial charge in [-0.05, 0) is 29.3 Å². The fourth-order valence-electron chi connectivity index (χ4n) is 2.35. The normalized spacial score (nSPS) is 10.4. The van der Waals surface area contributed by atoms with Gasteiger partial charge in [-0.25, -0.2) is 0 Å². The van der Waals surface area contributed by atoms with Gasteiger partial charge < -0.3 is 14.2 Å². The van der Waals surface area contributed by atoms with Crippen molar-refractivity contribution in [1.82, 2.24) is 0 Å². The molecule has 0 bridgehead atoms. The average molecular weight is 407 g/mol. The SMILES string of the molecule is COC(=O)C(Cc1cc(Br)ccc1OCc1ccccc1)C(=O)OC. The summed E-state index contributed by atoms with van der Waals surface area (Å²) < 4.78 is 16.1. The molecule has 0 aliphatic heterocycles. The van der Waals surface area contributed by atoms with E-state index in [1.807, 2.05) is 42.5 Å². The van der Waals surface area contributed by atoms with Crippen LogP contribution in [0.15, 0.2) is 53.0 Å². The average Bonchev–Trinajstić information content (AvgIpc) is 2.65. The Balaban J connectivity index is 2.22. The first kappa shape index (κ1) is 19.0. The van der Waals surface area contributed by atoms with Gasteiger partial charge in [0.2, 0.25) is 0 Å². The van der Waals surface area contributed by atoms with E-state index in [1.165, 1.54) is 14.2 Å². The topological polar surface area (TPSA) is 61.8 Å². The maximum absolute atomic E-state index is 11.9. The van der Waals surface area contributed by atoms with Crippen LogP contribution in [-0.2, 0) is 32.1 Å². The minimum Gasteiger partial charge on any atom is -0.489 e. The number of halogens is 1. The Morgan fingerprint density at radius 3 is 2.24 bits per heavy atom. The molecule has 0 spiro atoms. The summed E-state index contributed by atoms with van der Waals surface area (Å²) in [6, 6.07) is 15.2. The number of benzene rings is 2. The Kier molecular flexibility index (Phi) is 7.01. The quantitative estimate of drug-likeness (QED) is 0.519. The minimum absolute atomic E-state index is 0.128. The number of esters is 2. The van der Waals surface area contributed by atoms with Crippen molar-refractivity contribution in [2.24, 2.45) is 5.92 Å². The first-order valence-corrected chi connectivity index (χ1v) is 8.45. The highest BCUT2D eigenvalue weighted by Gasteiger charge is 2.30. The van der Waals surface area contributed by atoms with E-state index in [0.29, 0.717) is 17.9 Å². The second kappa shape index (κ2) is 9.22. The molecule has 2 aromatic rings. The molecule has 0 unspecified atom stereocenters. The van der Waals surface area contributed by atoms with Gasteiger partial charge in [0.15, 0.2) is 5.92 Å². The van der Waals surface area contributed by atoms with Crippen molar-refractivity contribution in [1.29, 1.82) is 0 Å². The third kappa shape index (κ3) is 5.32. The Morgan fingerprint density at radius 1 is 1.00 bits per heavy atom. The Labute approximate surface area is 155 Å². The van der Waals surface area contributed by atoms with Crippen LogP contribution >= 0.6 is 15.9 Å². The largest absolute Gasteiger partial charge is 0.489 e. The third-order valence-corrected chi connectivity index (χ3v) is 4.15. The monoisotopic (exact) mass is 406 g/mol. The second-order valence-electron chi connectivity index (χ2n) is 5.33. The van der Waals surface area contributed by atoms with Crippen molar-refractivity contribution in [2.45, 2.75) is 13.0 Å². The molecule has 0 aliphatic carbocycles. The molecule has 6 heteroatoms. The number of carbonyl (C=O) groups excluding carboxylic acids is 2. The summed E-state index contributed by atoms with van der Waals surface area (Å²) >= 11 is 3.40. The zero-order chi connectivity index (χ0) is 18.2. The summed E-state index contributed by atoms with van der Waals surface area (Å²) in [5, 5.41) is 0. The van der Waals surface area contributed by atoms with Crippen molar-refractivity contribution in [3.05, 3.63) is 64.1 Å². The molecule has 0 saturated carbocycles. The number of ether oxygens (including phenoxy) is 3. The molecule has 0 saturated heterocycles. The van der Waals surface area contributed by atoms with Gasteiger partial charge in [-0.1, -0.05) is 46.3 Å². The molecular formula is C19H19BrO5. The first-order valence-electron chi connectivity index (χ1n) is 7.66. The number of hydrogen-bond donors (Lipinski definition) is 0. The maximum Gasteiger partial charge on any atom is 0.320 e. The van der Waals surface area contributed by atoms with Crippen LogP contribution in [0, 0.1) is 5.92 Å². The van der Waals surface area contributed by atoms with E-state index in [0.717, 1.165) is 10.0 Å². The lowest BCUT2D eigenvalue weighted by Crippen LogP contribution is -2.28.